The fraction of sp³-hybridized carbons (Fsp3) is 0.500. The normalized spacial score (nSPS) is 12.4. The summed E-state index contributed by atoms with van der Waals surface area (Å²) >= 11 is 0. The Morgan fingerprint density at radius 1 is 1.27 bits per heavy atom. The van der Waals surface area contributed by atoms with E-state index in [2.05, 4.69) is 10.1 Å². The Balaban J connectivity index is 2.55. The summed E-state index contributed by atoms with van der Waals surface area (Å²) in [5, 5.41) is 2.60. The van der Waals surface area contributed by atoms with Gasteiger partial charge >= 0.3 is 5.97 Å². The molecule has 0 spiro atoms. The number of carbonyl (C=O) groups is 2. The van der Waals surface area contributed by atoms with Crippen molar-refractivity contribution in [1.82, 2.24) is 5.32 Å². The van der Waals surface area contributed by atoms with Gasteiger partial charge in [0, 0.05) is 0 Å². The molecule has 0 saturated heterocycles. The molecule has 6 nitrogen and oxygen atoms in total. The molecule has 0 saturated carbocycles. The van der Waals surface area contributed by atoms with Gasteiger partial charge in [0.2, 0.25) is 5.91 Å². The Kier molecular flexibility index (Phi) is 6.37. The van der Waals surface area contributed by atoms with Crippen LogP contribution in [-0.2, 0) is 25.7 Å². The zero-order chi connectivity index (χ0) is 16.8. The van der Waals surface area contributed by atoms with Crippen LogP contribution in [0.25, 0.3) is 0 Å². The first-order chi connectivity index (χ1) is 10.3. The van der Waals surface area contributed by atoms with Gasteiger partial charge in [-0.3, -0.25) is 4.79 Å². The average molecular weight is 309 g/mol. The second-order valence-corrected chi connectivity index (χ2v) is 5.41. The van der Waals surface area contributed by atoms with E-state index in [1.54, 1.807) is 27.9 Å². The third kappa shape index (κ3) is 5.04. The zero-order valence-electron chi connectivity index (χ0n) is 13.6. The first-order valence-electron chi connectivity index (χ1n) is 6.95. The number of amides is 1. The Morgan fingerprint density at radius 2 is 1.95 bits per heavy atom. The smallest absolute Gasteiger partial charge is 0.330 e. The molecular weight excluding hydrogens is 286 g/mol. The van der Waals surface area contributed by atoms with Gasteiger partial charge in [-0.25, -0.2) is 4.79 Å². The van der Waals surface area contributed by atoms with Crippen LogP contribution in [0.5, 0.6) is 5.75 Å². The van der Waals surface area contributed by atoms with Crippen LogP contribution in [0.4, 0.5) is 0 Å². The predicted octanol–water partition coefficient (Wildman–Crippen LogP) is 1.67. The lowest BCUT2D eigenvalue weighted by Gasteiger charge is -2.25. The SMILES string of the molecule is COC(=O)C(C)(C)NC(=O)C(C)OCc1cccc(OC)c1. The highest BCUT2D eigenvalue weighted by Gasteiger charge is 2.32. The Bertz CT molecular complexity index is 527. The molecule has 0 aromatic heterocycles. The van der Waals surface area contributed by atoms with Crippen LogP contribution < -0.4 is 10.1 Å². The van der Waals surface area contributed by atoms with Crippen molar-refractivity contribution in [2.75, 3.05) is 14.2 Å². The van der Waals surface area contributed by atoms with E-state index < -0.39 is 17.6 Å². The molecule has 1 atom stereocenters. The molecule has 0 aliphatic carbocycles. The van der Waals surface area contributed by atoms with Gasteiger partial charge in [-0.05, 0) is 38.5 Å². The van der Waals surface area contributed by atoms with Crippen LogP contribution in [0, 0.1) is 0 Å². The van der Waals surface area contributed by atoms with Crippen molar-refractivity contribution in [3.05, 3.63) is 29.8 Å². The molecule has 0 bridgehead atoms. The number of rotatable bonds is 7. The fourth-order valence-corrected chi connectivity index (χ4v) is 1.77. The van der Waals surface area contributed by atoms with Crippen molar-refractivity contribution in [3.8, 4) is 5.75 Å². The molecule has 22 heavy (non-hydrogen) atoms. The largest absolute Gasteiger partial charge is 0.497 e. The van der Waals surface area contributed by atoms with Gasteiger partial charge in [-0.2, -0.15) is 0 Å². The summed E-state index contributed by atoms with van der Waals surface area (Å²) in [6.07, 6.45) is -0.699. The maximum Gasteiger partial charge on any atom is 0.330 e. The summed E-state index contributed by atoms with van der Waals surface area (Å²) in [4.78, 5) is 23.6. The van der Waals surface area contributed by atoms with Gasteiger partial charge < -0.3 is 19.5 Å². The standard InChI is InChI=1S/C16H23NO5/c1-11(14(18)17-16(2,3)15(19)21-5)22-10-12-7-6-8-13(9-12)20-4/h6-9,11H,10H2,1-5H3,(H,17,18). The number of esters is 1. The summed E-state index contributed by atoms with van der Waals surface area (Å²) in [6.45, 7) is 5.05. The average Bonchev–Trinajstić information content (AvgIpc) is 2.51. The third-order valence-electron chi connectivity index (χ3n) is 3.13. The molecule has 1 N–H and O–H groups in total. The molecule has 0 aliphatic heterocycles. The highest BCUT2D eigenvalue weighted by molar-refractivity contribution is 5.89. The molecule has 0 heterocycles. The minimum atomic E-state index is -1.10. The van der Waals surface area contributed by atoms with E-state index in [1.807, 2.05) is 24.3 Å². The molecule has 1 amide bonds. The first kappa shape index (κ1) is 18.0. The van der Waals surface area contributed by atoms with E-state index in [-0.39, 0.29) is 12.5 Å². The van der Waals surface area contributed by atoms with Crippen molar-refractivity contribution in [2.45, 2.75) is 39.0 Å². The van der Waals surface area contributed by atoms with E-state index in [0.717, 1.165) is 11.3 Å². The Hall–Kier alpha value is -2.08. The zero-order valence-corrected chi connectivity index (χ0v) is 13.6. The Labute approximate surface area is 130 Å². The number of hydrogen-bond acceptors (Lipinski definition) is 5. The summed E-state index contributed by atoms with van der Waals surface area (Å²) in [7, 11) is 2.86. The number of methoxy groups -OCH3 is 2. The van der Waals surface area contributed by atoms with E-state index in [9.17, 15) is 9.59 Å². The molecule has 0 aliphatic rings. The van der Waals surface area contributed by atoms with Crippen LogP contribution in [0.1, 0.15) is 26.3 Å². The third-order valence-corrected chi connectivity index (χ3v) is 3.13. The van der Waals surface area contributed by atoms with Gasteiger partial charge in [0.05, 0.1) is 20.8 Å². The monoisotopic (exact) mass is 309 g/mol. The highest BCUT2D eigenvalue weighted by atomic mass is 16.5. The molecule has 1 rings (SSSR count). The number of benzene rings is 1. The molecule has 122 valence electrons. The number of nitrogens with one attached hydrogen (secondary N) is 1. The molecule has 1 aromatic carbocycles. The maximum atomic E-state index is 12.1. The van der Waals surface area contributed by atoms with E-state index in [0.29, 0.717) is 0 Å². The summed E-state index contributed by atoms with van der Waals surface area (Å²) in [5.74, 6) is -0.163. The van der Waals surface area contributed by atoms with Crippen LogP contribution in [-0.4, -0.2) is 37.7 Å². The summed E-state index contributed by atoms with van der Waals surface area (Å²) < 4.78 is 15.3. The van der Waals surface area contributed by atoms with E-state index in [4.69, 9.17) is 9.47 Å². The lowest BCUT2D eigenvalue weighted by molar-refractivity contribution is -0.151. The summed E-state index contributed by atoms with van der Waals surface area (Å²) in [6, 6.07) is 7.40. The Morgan fingerprint density at radius 3 is 2.55 bits per heavy atom. The van der Waals surface area contributed by atoms with E-state index >= 15 is 0 Å². The van der Waals surface area contributed by atoms with E-state index in [1.165, 1.54) is 7.11 Å². The molecule has 6 heteroatoms. The molecule has 1 unspecified atom stereocenters. The van der Waals surface area contributed by atoms with Crippen LogP contribution in [0.15, 0.2) is 24.3 Å². The molecule has 1 aromatic rings. The van der Waals surface area contributed by atoms with Crippen molar-refractivity contribution < 1.29 is 23.8 Å². The first-order valence-corrected chi connectivity index (χ1v) is 6.95. The minimum Gasteiger partial charge on any atom is -0.497 e. The summed E-state index contributed by atoms with van der Waals surface area (Å²) in [5.41, 5.74) is -0.203. The molecular formula is C16H23NO5. The van der Waals surface area contributed by atoms with Crippen molar-refractivity contribution in [1.29, 1.82) is 0 Å². The van der Waals surface area contributed by atoms with Gasteiger partial charge in [-0.15, -0.1) is 0 Å². The lowest BCUT2D eigenvalue weighted by atomic mass is 10.1. The van der Waals surface area contributed by atoms with Crippen LogP contribution in [0.2, 0.25) is 0 Å². The maximum absolute atomic E-state index is 12.1. The van der Waals surface area contributed by atoms with Crippen molar-refractivity contribution in [2.24, 2.45) is 0 Å². The molecule has 0 radical (unpaired) electrons. The van der Waals surface area contributed by atoms with Crippen molar-refractivity contribution in [3.63, 3.8) is 0 Å². The van der Waals surface area contributed by atoms with Gasteiger partial charge in [-0.1, -0.05) is 12.1 Å². The number of hydrogen-bond donors (Lipinski definition) is 1. The quantitative estimate of drug-likeness (QED) is 0.776. The fourth-order valence-electron chi connectivity index (χ4n) is 1.77. The number of carbonyl (C=O) groups excluding carboxylic acids is 2. The second-order valence-electron chi connectivity index (χ2n) is 5.41. The predicted molar refractivity (Wildman–Crippen MR) is 81.5 cm³/mol. The minimum absolute atomic E-state index is 0.268. The van der Waals surface area contributed by atoms with Gasteiger partial charge in [0.1, 0.15) is 17.4 Å². The number of ether oxygens (including phenoxy) is 3. The van der Waals surface area contributed by atoms with Crippen molar-refractivity contribution >= 4 is 11.9 Å². The van der Waals surface area contributed by atoms with Gasteiger partial charge in [0.25, 0.3) is 0 Å². The highest BCUT2D eigenvalue weighted by Crippen LogP contribution is 2.14. The van der Waals surface area contributed by atoms with Crippen LogP contribution in [0.3, 0.4) is 0 Å². The second kappa shape index (κ2) is 7.79. The van der Waals surface area contributed by atoms with Gasteiger partial charge in [0.15, 0.2) is 0 Å². The lowest BCUT2D eigenvalue weighted by Crippen LogP contribution is -2.53. The molecule has 0 fully saturated rings. The van der Waals surface area contributed by atoms with Crippen LogP contribution >= 0.6 is 0 Å². The topological polar surface area (TPSA) is 73.9 Å².